The second kappa shape index (κ2) is 52.7. The number of nitrogens with one attached hydrogen (secondary N) is 1. The number of hydrogen-bond acceptors (Lipinski definition) is 18. The number of ether oxygens (including phenoxy) is 6. The van der Waals surface area contributed by atoms with Crippen molar-refractivity contribution in [3.8, 4) is 0 Å². The fraction of sp³-hybridized carbons (Fsp3) is 0.736. The summed E-state index contributed by atoms with van der Waals surface area (Å²) in [7, 11) is 0. The second-order valence-corrected chi connectivity index (χ2v) is 24.2. The van der Waals surface area contributed by atoms with Gasteiger partial charge in [0, 0.05) is 6.42 Å². The minimum absolute atomic E-state index is 0.221. The van der Waals surface area contributed by atoms with E-state index < -0.39 is 124 Å². The quantitative estimate of drug-likeness (QED) is 0.0200. The van der Waals surface area contributed by atoms with E-state index in [1.807, 2.05) is 6.08 Å². The fourth-order valence-electron chi connectivity index (χ4n) is 11.0. The van der Waals surface area contributed by atoms with Gasteiger partial charge < -0.3 is 89.9 Å². The molecule has 19 heteroatoms. The molecule has 3 aliphatic heterocycles. The molecular weight excluding hydrogens is 1170 g/mol. The van der Waals surface area contributed by atoms with Crippen LogP contribution in [0.15, 0.2) is 109 Å². The number of carbonyl (C=O) groups excluding carboxylic acids is 1. The van der Waals surface area contributed by atoms with Crippen molar-refractivity contribution in [2.45, 2.75) is 311 Å². The van der Waals surface area contributed by atoms with Crippen LogP contribution in [-0.4, -0.2) is 193 Å². The number of amides is 1. The Morgan fingerprint density at radius 2 is 0.769 bits per heavy atom. The molecule has 0 aromatic carbocycles. The van der Waals surface area contributed by atoms with Crippen molar-refractivity contribution >= 4 is 5.91 Å². The molecule has 12 N–H and O–H groups in total. The molecular formula is C72H121NO18. The van der Waals surface area contributed by atoms with E-state index in [9.17, 15) is 61.0 Å². The van der Waals surface area contributed by atoms with Gasteiger partial charge in [-0.3, -0.25) is 4.79 Å². The highest BCUT2D eigenvalue weighted by Crippen LogP contribution is 2.33. The van der Waals surface area contributed by atoms with E-state index in [-0.39, 0.29) is 18.9 Å². The first-order valence-corrected chi connectivity index (χ1v) is 34.6. The zero-order chi connectivity index (χ0) is 66.1. The SMILES string of the molecule is CC/C=C\C/C=C\C/C=C\C/C=C\C/C=C\C/C=C\C/C=C\CCCCCCCCCCCC(=O)NC(COC1OC(CO)C(OC2OC(CO)C(OC3OC(CO)C(O)C(O)C3O)C(O)C2O)C(O)C1O)C(O)/C=C/CC/C=C/CCCCCCCCCCC. The molecule has 17 atom stereocenters. The Labute approximate surface area is 545 Å². The Balaban J connectivity index is 1.41. The standard InChI is InChI=1S/C72H121NO18/c1-3-5-7-9-11-13-15-17-19-20-21-22-23-24-25-26-27-28-29-30-31-32-33-34-36-38-40-42-44-46-48-50-60(78)73-55(56(77)49-47-45-43-41-39-37-35-18-16-14-12-10-8-6-4-2)54-86-70-66(84)63(81)68(58(52-75)88-70)91-72-67(85)64(82)69(59(53-76)89-72)90-71-65(83)62(80)61(79)57(51-74)87-71/h5,7,11,13,17,19,21-22,24-25,27-28,30-31,39,41,47,49,55-59,61-72,74-77,79-85H,3-4,6,8-10,12,14-16,18,20,23,26,29,32-38,40,42-46,48,50-54H2,1-2H3,(H,73,78)/b7-5-,13-11-,19-17-,22-21-,25-24-,28-27-,31-30-,41-39+,49-47+. The fourth-order valence-corrected chi connectivity index (χ4v) is 11.0. The van der Waals surface area contributed by atoms with Crippen LogP contribution >= 0.6 is 0 Å². The lowest BCUT2D eigenvalue weighted by molar-refractivity contribution is -0.379. The van der Waals surface area contributed by atoms with E-state index in [4.69, 9.17) is 28.4 Å². The number of aliphatic hydroxyl groups is 11. The average molecular weight is 1290 g/mol. The number of carbonyl (C=O) groups is 1. The van der Waals surface area contributed by atoms with Gasteiger partial charge in [-0.1, -0.05) is 220 Å². The molecule has 3 saturated heterocycles. The van der Waals surface area contributed by atoms with Crippen LogP contribution in [0, 0.1) is 0 Å². The van der Waals surface area contributed by atoms with Gasteiger partial charge in [0.25, 0.3) is 0 Å². The van der Waals surface area contributed by atoms with Crippen LogP contribution < -0.4 is 5.32 Å². The van der Waals surface area contributed by atoms with E-state index in [0.717, 1.165) is 96.3 Å². The maximum absolute atomic E-state index is 13.4. The van der Waals surface area contributed by atoms with Crippen molar-refractivity contribution in [1.29, 1.82) is 0 Å². The average Bonchev–Trinajstić information content (AvgIpc) is 0.876. The molecule has 3 heterocycles. The number of aliphatic hydroxyl groups excluding tert-OH is 11. The molecule has 0 aliphatic carbocycles. The van der Waals surface area contributed by atoms with Crippen LogP contribution in [0.2, 0.25) is 0 Å². The van der Waals surface area contributed by atoms with Crippen LogP contribution in [0.1, 0.15) is 206 Å². The van der Waals surface area contributed by atoms with E-state index in [2.05, 4.69) is 116 Å². The number of rotatable bonds is 51. The maximum atomic E-state index is 13.4. The van der Waals surface area contributed by atoms with E-state index >= 15 is 0 Å². The third-order valence-electron chi connectivity index (χ3n) is 16.6. The summed E-state index contributed by atoms with van der Waals surface area (Å²) in [6.45, 7) is 1.57. The van der Waals surface area contributed by atoms with Crippen molar-refractivity contribution < 1.29 is 89.4 Å². The Bertz CT molecular complexity index is 2070. The third kappa shape index (κ3) is 34.6. The van der Waals surface area contributed by atoms with E-state index in [1.54, 1.807) is 6.08 Å². The monoisotopic (exact) mass is 1290 g/mol. The van der Waals surface area contributed by atoms with Gasteiger partial charge in [0.1, 0.15) is 73.2 Å². The summed E-state index contributed by atoms with van der Waals surface area (Å²) in [6, 6.07) is -1.00. The molecule has 91 heavy (non-hydrogen) atoms. The maximum Gasteiger partial charge on any atom is 0.220 e. The van der Waals surface area contributed by atoms with Gasteiger partial charge in [-0.25, -0.2) is 0 Å². The van der Waals surface area contributed by atoms with Crippen LogP contribution in [0.25, 0.3) is 0 Å². The van der Waals surface area contributed by atoms with Crippen molar-refractivity contribution in [2.75, 3.05) is 26.4 Å². The van der Waals surface area contributed by atoms with Gasteiger partial charge >= 0.3 is 0 Å². The van der Waals surface area contributed by atoms with Gasteiger partial charge in [0.05, 0.1) is 38.6 Å². The van der Waals surface area contributed by atoms with Crippen molar-refractivity contribution in [1.82, 2.24) is 5.32 Å². The molecule has 0 radical (unpaired) electrons. The highest BCUT2D eigenvalue weighted by Gasteiger charge is 2.53. The molecule has 19 nitrogen and oxygen atoms in total. The molecule has 0 saturated carbocycles. The van der Waals surface area contributed by atoms with Crippen molar-refractivity contribution in [3.05, 3.63) is 109 Å². The molecule has 0 aromatic heterocycles. The highest BCUT2D eigenvalue weighted by molar-refractivity contribution is 5.76. The van der Waals surface area contributed by atoms with Crippen molar-refractivity contribution in [2.24, 2.45) is 0 Å². The minimum Gasteiger partial charge on any atom is -0.394 e. The predicted molar refractivity (Wildman–Crippen MR) is 355 cm³/mol. The lowest BCUT2D eigenvalue weighted by Crippen LogP contribution is -2.66. The molecule has 0 bridgehead atoms. The molecule has 3 fully saturated rings. The van der Waals surface area contributed by atoms with Crippen LogP contribution in [-0.2, 0) is 33.2 Å². The van der Waals surface area contributed by atoms with Crippen LogP contribution in [0.4, 0.5) is 0 Å². The van der Waals surface area contributed by atoms with Gasteiger partial charge in [-0.2, -0.15) is 0 Å². The zero-order valence-corrected chi connectivity index (χ0v) is 55.0. The minimum atomic E-state index is -1.99. The van der Waals surface area contributed by atoms with Crippen LogP contribution in [0.5, 0.6) is 0 Å². The summed E-state index contributed by atoms with van der Waals surface area (Å²) in [5.41, 5.74) is 0. The van der Waals surface area contributed by atoms with Crippen LogP contribution in [0.3, 0.4) is 0 Å². The summed E-state index contributed by atoms with van der Waals surface area (Å²) < 4.78 is 34.3. The Morgan fingerprint density at radius 1 is 0.407 bits per heavy atom. The smallest absolute Gasteiger partial charge is 0.220 e. The summed E-state index contributed by atoms with van der Waals surface area (Å²) in [5, 5.41) is 120. The predicted octanol–water partition coefficient (Wildman–Crippen LogP) is 9.05. The lowest BCUT2D eigenvalue weighted by Gasteiger charge is -2.48. The highest BCUT2D eigenvalue weighted by atomic mass is 16.8. The second-order valence-electron chi connectivity index (χ2n) is 24.2. The lowest BCUT2D eigenvalue weighted by atomic mass is 9.96. The first kappa shape index (κ1) is 81.7. The Hall–Kier alpha value is -3.55. The molecule has 0 aromatic rings. The summed E-state index contributed by atoms with van der Waals surface area (Å²) in [6.07, 6.45) is 43.5. The van der Waals surface area contributed by atoms with Gasteiger partial charge in [0.2, 0.25) is 5.91 Å². The largest absolute Gasteiger partial charge is 0.394 e. The molecule has 3 rings (SSSR count). The van der Waals surface area contributed by atoms with E-state index in [1.165, 1.54) is 77.0 Å². The number of allylic oxidation sites excluding steroid dienone is 17. The molecule has 17 unspecified atom stereocenters. The molecule has 1 amide bonds. The first-order valence-electron chi connectivity index (χ1n) is 34.6. The molecule has 522 valence electrons. The Morgan fingerprint density at radius 3 is 1.23 bits per heavy atom. The summed E-state index contributed by atoms with van der Waals surface area (Å²) in [4.78, 5) is 13.4. The molecule has 0 spiro atoms. The first-order chi connectivity index (χ1) is 44.3. The number of hydrogen-bond donors (Lipinski definition) is 12. The topological polar surface area (TPSA) is 307 Å². The summed E-state index contributed by atoms with van der Waals surface area (Å²) >= 11 is 0. The van der Waals surface area contributed by atoms with Gasteiger partial charge in [-0.15, -0.1) is 0 Å². The Kier molecular flexibility index (Phi) is 47.3. The van der Waals surface area contributed by atoms with Gasteiger partial charge in [0.15, 0.2) is 18.9 Å². The normalized spacial score (nSPS) is 28.6. The summed E-state index contributed by atoms with van der Waals surface area (Å²) in [5.74, 6) is -0.297. The zero-order valence-electron chi connectivity index (χ0n) is 55.0. The van der Waals surface area contributed by atoms with Gasteiger partial charge in [-0.05, 0) is 89.9 Å². The number of unbranched alkanes of at least 4 members (excludes halogenated alkanes) is 19. The third-order valence-corrected chi connectivity index (χ3v) is 16.6. The molecule has 3 aliphatic rings. The van der Waals surface area contributed by atoms with E-state index in [0.29, 0.717) is 12.8 Å². The van der Waals surface area contributed by atoms with Crippen molar-refractivity contribution in [3.63, 3.8) is 0 Å².